The van der Waals surface area contributed by atoms with E-state index < -0.39 is 0 Å². The minimum absolute atomic E-state index is 0.0730. The second kappa shape index (κ2) is 9.74. The van der Waals surface area contributed by atoms with E-state index in [4.69, 9.17) is 0 Å². The van der Waals surface area contributed by atoms with Crippen LogP contribution in [0.25, 0.3) is 21.8 Å². The third-order valence-electron chi connectivity index (χ3n) is 7.28. The lowest BCUT2D eigenvalue weighted by molar-refractivity contribution is 0.423. The number of nitrogens with zero attached hydrogens (tertiary/aromatic N) is 2. The van der Waals surface area contributed by atoms with Crippen LogP contribution in [0.15, 0.2) is 97.1 Å². The van der Waals surface area contributed by atoms with E-state index in [0.29, 0.717) is 0 Å². The Morgan fingerprint density at radius 2 is 0.892 bits per heavy atom. The van der Waals surface area contributed by atoms with Gasteiger partial charge in [-0.3, -0.25) is 0 Å². The van der Waals surface area contributed by atoms with Crippen molar-refractivity contribution in [3.05, 3.63) is 108 Å². The highest BCUT2D eigenvalue weighted by Gasteiger charge is 2.28. The third kappa shape index (κ3) is 4.90. The molecule has 4 aromatic carbocycles. The Labute approximate surface area is 222 Å². The summed E-state index contributed by atoms with van der Waals surface area (Å²) < 4.78 is 2.43. The molecule has 0 radical (unpaired) electrons. The average molecular weight is 489 g/mol. The van der Waals surface area contributed by atoms with E-state index in [-0.39, 0.29) is 11.1 Å². The molecule has 0 bridgehead atoms. The molecule has 0 atom stereocenters. The number of anilines is 2. The SMILES string of the molecule is CC(C)(C)N1c2ccccc2CCCc2ccccc21.CC(C)(C)n1c2ccccc2c2ccccc21. The first kappa shape index (κ1) is 25.1. The van der Waals surface area contributed by atoms with Crippen molar-refractivity contribution >= 4 is 33.2 Å². The molecule has 0 fully saturated rings. The summed E-state index contributed by atoms with van der Waals surface area (Å²) in [5, 5.41) is 2.69. The van der Waals surface area contributed by atoms with Gasteiger partial charge in [0.1, 0.15) is 0 Å². The number of hydrogen-bond acceptors (Lipinski definition) is 1. The maximum absolute atomic E-state index is 2.51. The number of benzene rings is 4. The molecule has 0 aliphatic carbocycles. The molecule has 1 aliphatic rings. The van der Waals surface area contributed by atoms with Gasteiger partial charge in [0.05, 0.1) is 0 Å². The molecule has 6 rings (SSSR count). The summed E-state index contributed by atoms with van der Waals surface area (Å²) in [5.74, 6) is 0. The van der Waals surface area contributed by atoms with Gasteiger partial charge in [-0.15, -0.1) is 0 Å². The topological polar surface area (TPSA) is 8.17 Å². The van der Waals surface area contributed by atoms with Crippen LogP contribution in [0.1, 0.15) is 59.1 Å². The first-order chi connectivity index (χ1) is 17.7. The summed E-state index contributed by atoms with van der Waals surface area (Å²) in [6, 6.07) is 35.0. The number of para-hydroxylation sites is 4. The van der Waals surface area contributed by atoms with Crippen LogP contribution in [-0.2, 0) is 18.4 Å². The van der Waals surface area contributed by atoms with E-state index in [1.54, 1.807) is 0 Å². The van der Waals surface area contributed by atoms with Crippen LogP contribution in [0.3, 0.4) is 0 Å². The normalized spacial score (nSPS) is 13.8. The van der Waals surface area contributed by atoms with E-state index in [0.717, 1.165) is 12.8 Å². The molecule has 0 unspecified atom stereocenters. The van der Waals surface area contributed by atoms with Crippen LogP contribution in [0.4, 0.5) is 11.4 Å². The van der Waals surface area contributed by atoms with E-state index >= 15 is 0 Å². The minimum Gasteiger partial charge on any atom is -0.336 e. The molecule has 0 spiro atoms. The molecule has 190 valence electrons. The highest BCUT2D eigenvalue weighted by atomic mass is 15.2. The maximum atomic E-state index is 2.51. The highest BCUT2D eigenvalue weighted by molar-refractivity contribution is 6.08. The molecule has 0 saturated heterocycles. The molecule has 2 nitrogen and oxygen atoms in total. The zero-order chi connectivity index (χ0) is 26.2. The fourth-order valence-electron chi connectivity index (χ4n) is 5.85. The molecule has 5 aromatic rings. The Balaban J connectivity index is 0.000000153. The van der Waals surface area contributed by atoms with Crippen molar-refractivity contribution in [3.63, 3.8) is 0 Å². The highest BCUT2D eigenvalue weighted by Crippen LogP contribution is 2.40. The van der Waals surface area contributed by atoms with Gasteiger partial charge in [-0.2, -0.15) is 0 Å². The molecule has 2 heterocycles. The van der Waals surface area contributed by atoms with Crippen molar-refractivity contribution < 1.29 is 0 Å². The molecule has 0 N–H and O–H groups in total. The summed E-state index contributed by atoms with van der Waals surface area (Å²) in [6.07, 6.45) is 3.56. The Kier molecular flexibility index (Phi) is 6.62. The van der Waals surface area contributed by atoms with Gasteiger partial charge in [-0.25, -0.2) is 0 Å². The summed E-state index contributed by atoms with van der Waals surface area (Å²) in [5.41, 5.74) is 8.49. The summed E-state index contributed by atoms with van der Waals surface area (Å²) in [6.45, 7) is 13.6. The predicted molar refractivity (Wildman–Crippen MR) is 161 cm³/mol. The largest absolute Gasteiger partial charge is 0.336 e. The van der Waals surface area contributed by atoms with Crippen molar-refractivity contribution in [3.8, 4) is 0 Å². The van der Waals surface area contributed by atoms with Gasteiger partial charge in [-0.05, 0) is 96.2 Å². The second-order valence-electron chi connectivity index (χ2n) is 12.2. The number of hydrogen-bond donors (Lipinski definition) is 0. The number of aromatic nitrogens is 1. The van der Waals surface area contributed by atoms with Gasteiger partial charge < -0.3 is 9.47 Å². The van der Waals surface area contributed by atoms with Gasteiger partial charge in [0.25, 0.3) is 0 Å². The summed E-state index contributed by atoms with van der Waals surface area (Å²) in [4.78, 5) is 2.51. The maximum Gasteiger partial charge on any atom is 0.0496 e. The molecule has 2 heteroatoms. The molecular weight excluding hydrogens is 448 g/mol. The van der Waals surface area contributed by atoms with Crippen LogP contribution in [0.2, 0.25) is 0 Å². The van der Waals surface area contributed by atoms with Crippen molar-refractivity contribution in [2.75, 3.05) is 4.90 Å². The lowest BCUT2D eigenvalue weighted by Gasteiger charge is -2.41. The smallest absolute Gasteiger partial charge is 0.0496 e. The zero-order valence-corrected chi connectivity index (χ0v) is 23.3. The van der Waals surface area contributed by atoms with E-state index in [9.17, 15) is 0 Å². The van der Waals surface area contributed by atoms with Crippen LogP contribution in [0, 0.1) is 0 Å². The van der Waals surface area contributed by atoms with Crippen LogP contribution < -0.4 is 4.90 Å². The number of rotatable bonds is 0. The quantitative estimate of drug-likeness (QED) is 0.211. The fourth-order valence-corrected chi connectivity index (χ4v) is 5.85. The van der Waals surface area contributed by atoms with Gasteiger partial charge in [-0.1, -0.05) is 72.8 Å². The monoisotopic (exact) mass is 488 g/mol. The van der Waals surface area contributed by atoms with Crippen molar-refractivity contribution in [2.45, 2.75) is 71.9 Å². The minimum atomic E-state index is 0.0730. The summed E-state index contributed by atoms with van der Waals surface area (Å²) in [7, 11) is 0. The zero-order valence-electron chi connectivity index (χ0n) is 23.3. The molecular formula is C35H40N2. The average Bonchev–Trinajstić information content (AvgIpc) is 3.19. The van der Waals surface area contributed by atoms with Crippen LogP contribution in [-0.4, -0.2) is 10.1 Å². The van der Waals surface area contributed by atoms with E-state index in [1.165, 1.54) is 50.7 Å². The van der Waals surface area contributed by atoms with Crippen LogP contribution >= 0.6 is 0 Å². The lowest BCUT2D eigenvalue weighted by Crippen LogP contribution is -2.39. The first-order valence-corrected chi connectivity index (χ1v) is 13.6. The Morgan fingerprint density at radius 1 is 0.486 bits per heavy atom. The number of aryl methyl sites for hydroxylation is 2. The van der Waals surface area contributed by atoms with Gasteiger partial charge >= 0.3 is 0 Å². The van der Waals surface area contributed by atoms with Crippen molar-refractivity contribution in [1.82, 2.24) is 4.57 Å². The summed E-state index contributed by atoms with van der Waals surface area (Å²) >= 11 is 0. The predicted octanol–water partition coefficient (Wildman–Crippen LogP) is 9.66. The Bertz CT molecular complexity index is 1420. The van der Waals surface area contributed by atoms with Gasteiger partial charge in [0, 0.05) is 44.3 Å². The molecule has 1 aliphatic heterocycles. The van der Waals surface area contributed by atoms with E-state index in [1.807, 2.05) is 0 Å². The second-order valence-corrected chi connectivity index (χ2v) is 12.2. The van der Waals surface area contributed by atoms with Crippen LogP contribution in [0.5, 0.6) is 0 Å². The van der Waals surface area contributed by atoms with Crippen molar-refractivity contribution in [1.29, 1.82) is 0 Å². The lowest BCUT2D eigenvalue weighted by atomic mass is 9.93. The number of fused-ring (bicyclic) bond motifs is 5. The van der Waals surface area contributed by atoms with Gasteiger partial charge in [0.2, 0.25) is 0 Å². The standard InChI is InChI=1S/C19H23N.C16H17N/c1-19(2,3)20-17-13-6-4-9-15(17)11-8-12-16-10-5-7-14-18(16)20;1-16(2,3)17-14-10-6-4-8-12(14)13-9-5-7-11-15(13)17/h4-7,9-10,13-14H,8,11-12H2,1-3H3;4-11H,1-3H3. The fraction of sp³-hybridized carbons (Fsp3) is 0.314. The Morgan fingerprint density at radius 3 is 1.32 bits per heavy atom. The first-order valence-electron chi connectivity index (χ1n) is 13.6. The van der Waals surface area contributed by atoms with E-state index in [2.05, 4.69) is 148 Å². The molecule has 0 saturated carbocycles. The Hall–Kier alpha value is -3.52. The third-order valence-corrected chi connectivity index (χ3v) is 7.28. The molecule has 37 heavy (non-hydrogen) atoms. The van der Waals surface area contributed by atoms with Crippen molar-refractivity contribution in [2.24, 2.45) is 0 Å². The van der Waals surface area contributed by atoms with Gasteiger partial charge in [0.15, 0.2) is 0 Å². The molecule has 0 amide bonds. The molecule has 1 aromatic heterocycles.